The fourth-order valence-electron chi connectivity index (χ4n) is 2.32. The lowest BCUT2D eigenvalue weighted by molar-refractivity contribution is -0.119. The molecule has 5 heteroatoms. The van der Waals surface area contributed by atoms with Crippen LogP contribution < -0.4 is 15.2 Å². The number of aryl methyl sites for hydroxylation is 1. The van der Waals surface area contributed by atoms with Crippen LogP contribution in [0.2, 0.25) is 0 Å². The Balaban J connectivity index is 1.85. The number of Topliss-reactive ketones (excluding diaryl/α,β-unsaturated/α-hetero) is 1. The number of ketones is 1. The second-order valence-corrected chi connectivity index (χ2v) is 5.27. The van der Waals surface area contributed by atoms with E-state index in [0.717, 1.165) is 11.1 Å². The fourth-order valence-corrected chi connectivity index (χ4v) is 2.32. The Hall–Kier alpha value is -3.08. The summed E-state index contributed by atoms with van der Waals surface area (Å²) in [5.41, 5.74) is 7.50. The Labute approximate surface area is 133 Å². The van der Waals surface area contributed by atoms with Crippen LogP contribution in [0, 0.1) is 6.92 Å². The topological polar surface area (TPSA) is 78.6 Å². The van der Waals surface area contributed by atoms with Gasteiger partial charge < -0.3 is 15.2 Å². The molecule has 0 aromatic heterocycles. The van der Waals surface area contributed by atoms with Gasteiger partial charge in [0.25, 0.3) is 5.91 Å². The zero-order chi connectivity index (χ0) is 16.4. The first-order chi connectivity index (χ1) is 11.0. The van der Waals surface area contributed by atoms with E-state index in [9.17, 15) is 9.59 Å². The van der Waals surface area contributed by atoms with Crippen molar-refractivity contribution in [2.45, 2.75) is 6.92 Å². The number of primary amides is 1. The fraction of sp³-hybridized carbons (Fsp3) is 0.111. The summed E-state index contributed by atoms with van der Waals surface area (Å²) in [7, 11) is 0. The standard InChI is InChI=1S/C18H15NO4/c1-11-3-2-4-12(7-11)8-16-18(21)14-6-5-13(9-15(14)23-16)22-10-17(19)20/h2-9H,10H2,1H3,(H2,19,20)/b16-8+. The highest BCUT2D eigenvalue weighted by Gasteiger charge is 2.27. The van der Waals surface area contributed by atoms with Gasteiger partial charge in [0.2, 0.25) is 5.78 Å². The Bertz CT molecular complexity index is 824. The Morgan fingerprint density at radius 1 is 1.26 bits per heavy atom. The van der Waals surface area contributed by atoms with Crippen molar-refractivity contribution in [3.63, 3.8) is 0 Å². The summed E-state index contributed by atoms with van der Waals surface area (Å²) < 4.78 is 10.8. The Kier molecular flexibility index (Phi) is 3.85. The van der Waals surface area contributed by atoms with E-state index in [1.54, 1.807) is 24.3 Å². The van der Waals surface area contributed by atoms with Crippen LogP contribution >= 0.6 is 0 Å². The van der Waals surface area contributed by atoms with Crippen LogP contribution in [-0.2, 0) is 4.79 Å². The number of fused-ring (bicyclic) bond motifs is 1. The van der Waals surface area contributed by atoms with Crippen molar-refractivity contribution in [1.29, 1.82) is 0 Å². The van der Waals surface area contributed by atoms with Crippen LogP contribution in [-0.4, -0.2) is 18.3 Å². The molecule has 1 amide bonds. The number of carbonyl (C=O) groups excluding carboxylic acids is 2. The summed E-state index contributed by atoms with van der Waals surface area (Å²) in [6, 6.07) is 12.6. The summed E-state index contributed by atoms with van der Waals surface area (Å²) >= 11 is 0. The van der Waals surface area contributed by atoms with Gasteiger partial charge in [0.15, 0.2) is 12.4 Å². The van der Waals surface area contributed by atoms with Crippen molar-refractivity contribution in [1.82, 2.24) is 0 Å². The minimum atomic E-state index is -0.567. The van der Waals surface area contributed by atoms with Gasteiger partial charge >= 0.3 is 0 Å². The Morgan fingerprint density at radius 2 is 2.09 bits per heavy atom. The summed E-state index contributed by atoms with van der Waals surface area (Å²) in [6.45, 7) is 1.76. The van der Waals surface area contributed by atoms with E-state index >= 15 is 0 Å². The van der Waals surface area contributed by atoms with Crippen LogP contribution in [0.3, 0.4) is 0 Å². The van der Waals surface area contributed by atoms with E-state index in [0.29, 0.717) is 17.1 Å². The molecule has 0 radical (unpaired) electrons. The van der Waals surface area contributed by atoms with Crippen molar-refractivity contribution in [3.8, 4) is 11.5 Å². The Morgan fingerprint density at radius 3 is 2.83 bits per heavy atom. The largest absolute Gasteiger partial charge is 0.484 e. The molecule has 1 heterocycles. The third-order valence-electron chi connectivity index (χ3n) is 3.36. The number of rotatable bonds is 4. The molecule has 2 aromatic carbocycles. The van der Waals surface area contributed by atoms with E-state index in [-0.39, 0.29) is 18.1 Å². The van der Waals surface area contributed by atoms with Gasteiger partial charge in [-0.2, -0.15) is 0 Å². The number of benzene rings is 2. The SMILES string of the molecule is Cc1cccc(/C=C2/Oc3cc(OCC(N)=O)ccc3C2=O)c1. The van der Waals surface area contributed by atoms with Crippen LogP contribution in [0.15, 0.2) is 48.2 Å². The maximum Gasteiger partial charge on any atom is 0.255 e. The quantitative estimate of drug-likeness (QED) is 0.880. The highest BCUT2D eigenvalue weighted by molar-refractivity contribution is 6.14. The molecule has 2 N–H and O–H groups in total. The van der Waals surface area contributed by atoms with Gasteiger partial charge in [0.05, 0.1) is 5.56 Å². The smallest absolute Gasteiger partial charge is 0.255 e. The second-order valence-electron chi connectivity index (χ2n) is 5.27. The van der Waals surface area contributed by atoms with Gasteiger partial charge in [0.1, 0.15) is 11.5 Å². The van der Waals surface area contributed by atoms with E-state index in [4.69, 9.17) is 15.2 Å². The molecule has 2 aromatic rings. The predicted molar refractivity (Wildman–Crippen MR) is 85.2 cm³/mol. The monoisotopic (exact) mass is 309 g/mol. The van der Waals surface area contributed by atoms with Crippen LogP contribution in [0.1, 0.15) is 21.5 Å². The molecule has 1 aliphatic rings. The van der Waals surface area contributed by atoms with Gasteiger partial charge in [-0.05, 0) is 30.7 Å². The lowest BCUT2D eigenvalue weighted by Crippen LogP contribution is -2.19. The number of amides is 1. The minimum absolute atomic E-state index is 0.178. The maximum absolute atomic E-state index is 12.4. The third kappa shape index (κ3) is 3.23. The van der Waals surface area contributed by atoms with Crippen molar-refractivity contribution in [3.05, 3.63) is 64.9 Å². The van der Waals surface area contributed by atoms with Crippen molar-refractivity contribution in [2.75, 3.05) is 6.61 Å². The molecule has 0 spiro atoms. The van der Waals surface area contributed by atoms with Crippen molar-refractivity contribution < 1.29 is 19.1 Å². The van der Waals surface area contributed by atoms with E-state index < -0.39 is 5.91 Å². The van der Waals surface area contributed by atoms with E-state index in [2.05, 4.69) is 0 Å². The summed E-state index contributed by atoms with van der Waals surface area (Å²) in [6.07, 6.45) is 1.71. The zero-order valence-electron chi connectivity index (χ0n) is 12.5. The van der Waals surface area contributed by atoms with Crippen LogP contribution in [0.5, 0.6) is 11.5 Å². The highest BCUT2D eigenvalue weighted by Crippen LogP contribution is 2.34. The highest BCUT2D eigenvalue weighted by atomic mass is 16.5. The number of carbonyl (C=O) groups is 2. The second kappa shape index (κ2) is 5.96. The minimum Gasteiger partial charge on any atom is -0.484 e. The molecule has 0 atom stereocenters. The van der Waals surface area contributed by atoms with Crippen molar-refractivity contribution in [2.24, 2.45) is 5.73 Å². The van der Waals surface area contributed by atoms with Gasteiger partial charge in [-0.3, -0.25) is 9.59 Å². The molecule has 0 bridgehead atoms. The number of hydrogen-bond donors (Lipinski definition) is 1. The molecule has 23 heavy (non-hydrogen) atoms. The lowest BCUT2D eigenvalue weighted by atomic mass is 10.1. The van der Waals surface area contributed by atoms with Gasteiger partial charge in [-0.15, -0.1) is 0 Å². The number of ether oxygens (including phenoxy) is 2. The number of allylic oxidation sites excluding steroid dienone is 1. The van der Waals surface area contributed by atoms with Crippen LogP contribution in [0.4, 0.5) is 0 Å². The van der Waals surface area contributed by atoms with E-state index in [1.165, 1.54) is 0 Å². The molecule has 0 fully saturated rings. The molecular weight excluding hydrogens is 294 g/mol. The molecule has 116 valence electrons. The first kappa shape index (κ1) is 14.8. The molecule has 3 rings (SSSR count). The van der Waals surface area contributed by atoms with Gasteiger partial charge in [0, 0.05) is 6.07 Å². The van der Waals surface area contributed by atoms with Crippen molar-refractivity contribution >= 4 is 17.8 Å². The predicted octanol–water partition coefficient (Wildman–Crippen LogP) is 2.48. The number of hydrogen-bond acceptors (Lipinski definition) is 4. The average Bonchev–Trinajstić information content (AvgIpc) is 2.81. The maximum atomic E-state index is 12.4. The molecule has 0 saturated heterocycles. The summed E-state index contributed by atoms with van der Waals surface area (Å²) in [5.74, 6) is 0.353. The first-order valence-electron chi connectivity index (χ1n) is 7.09. The molecule has 0 aliphatic carbocycles. The summed E-state index contributed by atoms with van der Waals surface area (Å²) in [5, 5.41) is 0. The normalized spacial score (nSPS) is 14.5. The summed E-state index contributed by atoms with van der Waals surface area (Å²) in [4.78, 5) is 23.1. The zero-order valence-corrected chi connectivity index (χ0v) is 12.5. The molecule has 0 saturated carbocycles. The first-order valence-corrected chi connectivity index (χ1v) is 7.09. The molecule has 5 nitrogen and oxygen atoms in total. The third-order valence-corrected chi connectivity index (χ3v) is 3.36. The van der Waals surface area contributed by atoms with Gasteiger partial charge in [-0.25, -0.2) is 0 Å². The average molecular weight is 309 g/mol. The van der Waals surface area contributed by atoms with E-state index in [1.807, 2.05) is 31.2 Å². The molecular formula is C18H15NO4. The molecule has 0 unspecified atom stereocenters. The lowest BCUT2D eigenvalue weighted by Gasteiger charge is -2.04. The van der Waals surface area contributed by atoms with Gasteiger partial charge in [-0.1, -0.05) is 29.8 Å². The molecule has 1 aliphatic heterocycles. The number of nitrogens with two attached hydrogens (primary N) is 1. The van der Waals surface area contributed by atoms with Crippen LogP contribution in [0.25, 0.3) is 6.08 Å².